The van der Waals surface area contributed by atoms with Gasteiger partial charge < -0.3 is 9.73 Å². The fourth-order valence-corrected chi connectivity index (χ4v) is 4.56. The Labute approximate surface area is 187 Å². The van der Waals surface area contributed by atoms with Crippen molar-refractivity contribution < 1.29 is 9.21 Å². The smallest absolute Gasteiger partial charge is 0.266 e. The van der Waals surface area contributed by atoms with Crippen molar-refractivity contribution in [1.29, 1.82) is 0 Å². The summed E-state index contributed by atoms with van der Waals surface area (Å²) in [6, 6.07) is 17.7. The minimum atomic E-state index is 0.00866. The molecule has 0 unspecified atom stereocenters. The van der Waals surface area contributed by atoms with E-state index in [1.807, 2.05) is 55.5 Å². The SMILES string of the molecule is Cc1ccccc1C(=O)NCC1CCC(c2nnc(-c3nccc4ccccc34)o2)CC1. The predicted octanol–water partition coefficient (Wildman–Crippen LogP) is 5.30. The number of fused-ring (bicyclic) bond motifs is 1. The molecule has 32 heavy (non-hydrogen) atoms. The molecule has 0 atom stereocenters. The van der Waals surface area contributed by atoms with Crippen molar-refractivity contribution in [1.82, 2.24) is 20.5 Å². The number of hydrogen-bond acceptors (Lipinski definition) is 5. The monoisotopic (exact) mass is 426 g/mol. The molecule has 162 valence electrons. The standard InChI is InChI=1S/C26H26N4O2/c1-17-6-2-4-8-21(17)24(31)28-16-18-10-12-20(13-11-18)25-29-30-26(32-25)23-22-9-5-3-7-19(22)14-15-27-23/h2-9,14-15,18,20H,10-13,16H2,1H3,(H,28,31). The Morgan fingerprint density at radius 1 is 1.00 bits per heavy atom. The quantitative estimate of drug-likeness (QED) is 0.468. The number of aryl methyl sites for hydroxylation is 1. The van der Waals surface area contributed by atoms with Gasteiger partial charge in [-0.25, -0.2) is 0 Å². The number of amides is 1. The largest absolute Gasteiger partial charge is 0.419 e. The molecule has 6 heteroatoms. The van der Waals surface area contributed by atoms with Crippen LogP contribution in [0.1, 0.15) is 53.4 Å². The van der Waals surface area contributed by atoms with Crippen molar-refractivity contribution >= 4 is 16.7 Å². The lowest BCUT2D eigenvalue weighted by molar-refractivity contribution is 0.0941. The summed E-state index contributed by atoms with van der Waals surface area (Å²) < 4.78 is 6.07. The molecule has 1 aliphatic carbocycles. The lowest BCUT2D eigenvalue weighted by atomic mass is 9.82. The molecule has 1 fully saturated rings. The topological polar surface area (TPSA) is 80.9 Å². The van der Waals surface area contributed by atoms with Gasteiger partial charge in [0.25, 0.3) is 11.8 Å². The second-order valence-electron chi connectivity index (χ2n) is 8.57. The van der Waals surface area contributed by atoms with Gasteiger partial charge in [-0.3, -0.25) is 9.78 Å². The third kappa shape index (κ3) is 4.13. The number of rotatable bonds is 5. The Morgan fingerprint density at radius 3 is 2.62 bits per heavy atom. The van der Waals surface area contributed by atoms with Gasteiger partial charge in [-0.15, -0.1) is 10.2 Å². The first-order valence-electron chi connectivity index (χ1n) is 11.2. The van der Waals surface area contributed by atoms with Gasteiger partial charge in [0, 0.05) is 29.6 Å². The van der Waals surface area contributed by atoms with E-state index in [4.69, 9.17) is 4.42 Å². The van der Waals surface area contributed by atoms with Crippen LogP contribution in [0.3, 0.4) is 0 Å². The van der Waals surface area contributed by atoms with E-state index in [0.717, 1.165) is 53.3 Å². The number of carbonyl (C=O) groups is 1. The first-order chi connectivity index (χ1) is 15.7. The molecular weight excluding hydrogens is 400 g/mol. The zero-order chi connectivity index (χ0) is 21.9. The highest BCUT2D eigenvalue weighted by atomic mass is 16.4. The summed E-state index contributed by atoms with van der Waals surface area (Å²) in [5.41, 5.74) is 2.48. The van der Waals surface area contributed by atoms with E-state index in [-0.39, 0.29) is 11.8 Å². The van der Waals surface area contributed by atoms with E-state index in [0.29, 0.717) is 24.2 Å². The summed E-state index contributed by atoms with van der Waals surface area (Å²) in [6.07, 6.45) is 5.80. The minimum absolute atomic E-state index is 0.00866. The molecule has 1 amide bonds. The number of aromatic nitrogens is 3. The zero-order valence-corrected chi connectivity index (χ0v) is 18.1. The molecule has 4 aromatic rings. The Morgan fingerprint density at radius 2 is 1.78 bits per heavy atom. The fraction of sp³-hybridized carbons (Fsp3) is 0.308. The van der Waals surface area contributed by atoms with Gasteiger partial charge in [0.1, 0.15) is 5.69 Å². The van der Waals surface area contributed by atoms with Crippen molar-refractivity contribution in [2.75, 3.05) is 6.54 Å². The number of nitrogens with zero attached hydrogens (tertiary/aromatic N) is 3. The Balaban J connectivity index is 1.20. The molecule has 0 spiro atoms. The van der Waals surface area contributed by atoms with Crippen LogP contribution in [0.2, 0.25) is 0 Å². The number of hydrogen-bond donors (Lipinski definition) is 1. The highest BCUT2D eigenvalue weighted by molar-refractivity contribution is 5.95. The summed E-state index contributed by atoms with van der Waals surface area (Å²) in [5.74, 6) is 1.91. The highest BCUT2D eigenvalue weighted by Crippen LogP contribution is 2.36. The maximum absolute atomic E-state index is 12.5. The molecule has 0 aliphatic heterocycles. The van der Waals surface area contributed by atoms with Gasteiger partial charge in [0.2, 0.25) is 5.89 Å². The summed E-state index contributed by atoms with van der Waals surface area (Å²) in [4.78, 5) is 17.0. The number of benzene rings is 2. The molecule has 2 aromatic carbocycles. The molecule has 6 nitrogen and oxygen atoms in total. The number of nitrogens with one attached hydrogen (secondary N) is 1. The van der Waals surface area contributed by atoms with E-state index in [1.54, 1.807) is 6.20 Å². The van der Waals surface area contributed by atoms with Crippen LogP contribution in [-0.4, -0.2) is 27.6 Å². The minimum Gasteiger partial charge on any atom is -0.419 e. The van der Waals surface area contributed by atoms with Crippen LogP contribution < -0.4 is 5.32 Å². The summed E-state index contributed by atoms with van der Waals surface area (Å²) in [7, 11) is 0. The van der Waals surface area contributed by atoms with Crippen molar-refractivity contribution in [3.05, 3.63) is 77.8 Å². The molecule has 0 bridgehead atoms. The molecule has 2 heterocycles. The zero-order valence-electron chi connectivity index (χ0n) is 18.1. The molecule has 2 aromatic heterocycles. The van der Waals surface area contributed by atoms with E-state index >= 15 is 0 Å². The van der Waals surface area contributed by atoms with Crippen LogP contribution in [0.25, 0.3) is 22.4 Å². The van der Waals surface area contributed by atoms with Crippen LogP contribution in [0.5, 0.6) is 0 Å². The average molecular weight is 427 g/mol. The predicted molar refractivity (Wildman–Crippen MR) is 123 cm³/mol. The second kappa shape index (κ2) is 8.91. The number of pyridine rings is 1. The van der Waals surface area contributed by atoms with Crippen LogP contribution in [0, 0.1) is 12.8 Å². The highest BCUT2D eigenvalue weighted by Gasteiger charge is 2.27. The van der Waals surface area contributed by atoms with Crippen molar-refractivity contribution in [3.8, 4) is 11.6 Å². The van der Waals surface area contributed by atoms with Gasteiger partial charge in [0.05, 0.1) is 0 Å². The number of carbonyl (C=O) groups excluding carboxylic acids is 1. The fourth-order valence-electron chi connectivity index (χ4n) is 4.56. The van der Waals surface area contributed by atoms with Gasteiger partial charge in [0.15, 0.2) is 0 Å². The maximum Gasteiger partial charge on any atom is 0.266 e. The molecule has 5 rings (SSSR count). The summed E-state index contributed by atoms with van der Waals surface area (Å²) >= 11 is 0. The van der Waals surface area contributed by atoms with Gasteiger partial charge in [-0.05, 0) is 61.6 Å². The van der Waals surface area contributed by atoms with Gasteiger partial charge >= 0.3 is 0 Å². The summed E-state index contributed by atoms with van der Waals surface area (Å²) in [6.45, 7) is 2.67. The molecular formula is C26H26N4O2. The molecule has 1 aliphatic rings. The Bertz CT molecular complexity index is 1240. The van der Waals surface area contributed by atoms with Crippen molar-refractivity contribution in [3.63, 3.8) is 0 Å². The van der Waals surface area contributed by atoms with Crippen LogP contribution >= 0.6 is 0 Å². The molecule has 0 saturated heterocycles. The molecule has 1 saturated carbocycles. The molecule has 1 N–H and O–H groups in total. The van der Waals surface area contributed by atoms with Crippen molar-refractivity contribution in [2.45, 2.75) is 38.5 Å². The normalized spacial score (nSPS) is 18.5. The maximum atomic E-state index is 12.5. The Hall–Kier alpha value is -3.54. The van der Waals surface area contributed by atoms with Gasteiger partial charge in [-0.2, -0.15) is 0 Å². The third-order valence-electron chi connectivity index (χ3n) is 6.45. The van der Waals surface area contributed by atoms with E-state index in [9.17, 15) is 4.79 Å². The van der Waals surface area contributed by atoms with Gasteiger partial charge in [-0.1, -0.05) is 42.5 Å². The lowest BCUT2D eigenvalue weighted by Gasteiger charge is -2.26. The summed E-state index contributed by atoms with van der Waals surface area (Å²) in [5, 5.41) is 13.9. The van der Waals surface area contributed by atoms with Crippen LogP contribution in [0.15, 0.2) is 65.2 Å². The third-order valence-corrected chi connectivity index (χ3v) is 6.45. The Kier molecular flexibility index (Phi) is 5.67. The van der Waals surface area contributed by atoms with E-state index in [1.165, 1.54) is 0 Å². The van der Waals surface area contributed by atoms with Crippen LogP contribution in [0.4, 0.5) is 0 Å². The van der Waals surface area contributed by atoms with E-state index < -0.39 is 0 Å². The van der Waals surface area contributed by atoms with E-state index in [2.05, 4.69) is 26.6 Å². The second-order valence-corrected chi connectivity index (χ2v) is 8.57. The average Bonchev–Trinajstić information content (AvgIpc) is 3.33. The lowest BCUT2D eigenvalue weighted by Crippen LogP contribution is -2.31. The first kappa shape index (κ1) is 20.4. The molecule has 0 radical (unpaired) electrons. The van der Waals surface area contributed by atoms with Crippen molar-refractivity contribution in [2.24, 2.45) is 5.92 Å². The van der Waals surface area contributed by atoms with Crippen LogP contribution in [-0.2, 0) is 0 Å². The first-order valence-corrected chi connectivity index (χ1v) is 11.2.